The molecular formula is C11H9ClN4O2. The molecule has 0 unspecified atom stereocenters. The third-order valence-corrected chi connectivity index (χ3v) is 2.29. The van der Waals surface area contributed by atoms with Gasteiger partial charge in [-0.25, -0.2) is 15.0 Å². The molecule has 0 fully saturated rings. The van der Waals surface area contributed by atoms with Crippen LogP contribution in [0, 0.1) is 0 Å². The molecule has 2 heterocycles. The second-order valence-corrected chi connectivity index (χ2v) is 3.63. The number of nitrogens with zero attached hydrogens (tertiary/aromatic N) is 3. The lowest BCUT2D eigenvalue weighted by Crippen LogP contribution is -2.14. The van der Waals surface area contributed by atoms with Crippen molar-refractivity contribution in [1.82, 2.24) is 15.0 Å². The van der Waals surface area contributed by atoms with Gasteiger partial charge in [0.1, 0.15) is 22.9 Å². The summed E-state index contributed by atoms with van der Waals surface area (Å²) >= 11 is 5.69. The van der Waals surface area contributed by atoms with E-state index in [1.165, 1.54) is 25.7 Å². The Bertz CT molecular complexity index is 576. The summed E-state index contributed by atoms with van der Waals surface area (Å²) in [6.07, 6.45) is 2.80. The fourth-order valence-corrected chi connectivity index (χ4v) is 1.46. The fourth-order valence-electron chi connectivity index (χ4n) is 1.31. The normalized spacial score (nSPS) is 9.89. The summed E-state index contributed by atoms with van der Waals surface area (Å²) in [5.41, 5.74) is 0.315. The summed E-state index contributed by atoms with van der Waals surface area (Å²) in [6, 6.07) is 4.69. The van der Waals surface area contributed by atoms with Crippen LogP contribution in [0.3, 0.4) is 0 Å². The number of pyridine rings is 1. The Labute approximate surface area is 108 Å². The van der Waals surface area contributed by atoms with Crippen LogP contribution in [0.1, 0.15) is 10.4 Å². The lowest BCUT2D eigenvalue weighted by atomic mass is 10.2. The monoisotopic (exact) mass is 264 g/mol. The fraction of sp³-hybridized carbons (Fsp3) is 0.0909. The topological polar surface area (TPSA) is 77.0 Å². The van der Waals surface area contributed by atoms with Gasteiger partial charge in [0.2, 0.25) is 5.88 Å². The molecular weight excluding hydrogens is 256 g/mol. The van der Waals surface area contributed by atoms with E-state index in [0.717, 1.165) is 0 Å². The van der Waals surface area contributed by atoms with Gasteiger partial charge in [-0.2, -0.15) is 0 Å². The van der Waals surface area contributed by atoms with Gasteiger partial charge in [0.25, 0.3) is 5.91 Å². The van der Waals surface area contributed by atoms with Crippen LogP contribution in [0.2, 0.25) is 5.15 Å². The smallest absolute Gasteiger partial charge is 0.262 e. The van der Waals surface area contributed by atoms with Crippen LogP contribution in [-0.2, 0) is 0 Å². The Morgan fingerprint density at radius 1 is 1.39 bits per heavy atom. The number of amides is 1. The molecule has 2 aromatic rings. The molecule has 2 rings (SSSR count). The van der Waals surface area contributed by atoms with Crippen molar-refractivity contribution in [3.63, 3.8) is 0 Å². The largest absolute Gasteiger partial charge is 0.480 e. The molecule has 0 aliphatic carbocycles. The van der Waals surface area contributed by atoms with Crippen molar-refractivity contribution in [2.75, 3.05) is 12.4 Å². The van der Waals surface area contributed by atoms with Crippen molar-refractivity contribution in [3.05, 3.63) is 41.4 Å². The quantitative estimate of drug-likeness (QED) is 0.855. The minimum Gasteiger partial charge on any atom is -0.480 e. The molecule has 0 radical (unpaired) electrons. The highest BCUT2D eigenvalue weighted by Gasteiger charge is 2.13. The SMILES string of the molecule is COc1ncccc1C(=O)Nc1cc(Cl)ncn1. The van der Waals surface area contributed by atoms with Crippen LogP contribution >= 0.6 is 11.6 Å². The summed E-state index contributed by atoms with van der Waals surface area (Å²) in [7, 11) is 1.45. The number of anilines is 1. The number of hydrogen-bond acceptors (Lipinski definition) is 5. The Morgan fingerprint density at radius 3 is 2.94 bits per heavy atom. The summed E-state index contributed by atoms with van der Waals surface area (Å²) in [6.45, 7) is 0. The van der Waals surface area contributed by atoms with Gasteiger partial charge >= 0.3 is 0 Å². The molecule has 2 aromatic heterocycles. The summed E-state index contributed by atoms with van der Waals surface area (Å²) in [5.74, 6) is 0.177. The van der Waals surface area contributed by atoms with E-state index in [2.05, 4.69) is 20.3 Å². The lowest BCUT2D eigenvalue weighted by molar-refractivity contribution is 0.102. The van der Waals surface area contributed by atoms with E-state index in [9.17, 15) is 4.79 Å². The van der Waals surface area contributed by atoms with Crippen molar-refractivity contribution >= 4 is 23.3 Å². The van der Waals surface area contributed by atoms with Crippen molar-refractivity contribution in [2.45, 2.75) is 0 Å². The zero-order chi connectivity index (χ0) is 13.0. The highest BCUT2D eigenvalue weighted by Crippen LogP contribution is 2.16. The highest BCUT2D eigenvalue weighted by atomic mass is 35.5. The number of carbonyl (C=O) groups is 1. The minimum atomic E-state index is -0.380. The molecule has 6 nitrogen and oxygen atoms in total. The molecule has 0 aliphatic rings. The van der Waals surface area contributed by atoms with E-state index in [1.807, 2.05) is 0 Å². The van der Waals surface area contributed by atoms with E-state index in [1.54, 1.807) is 12.1 Å². The molecule has 0 saturated heterocycles. The first-order valence-corrected chi connectivity index (χ1v) is 5.36. The number of hydrogen-bond donors (Lipinski definition) is 1. The van der Waals surface area contributed by atoms with Crippen LogP contribution < -0.4 is 10.1 Å². The highest BCUT2D eigenvalue weighted by molar-refractivity contribution is 6.29. The average molecular weight is 265 g/mol. The predicted molar refractivity (Wildman–Crippen MR) is 65.8 cm³/mol. The van der Waals surface area contributed by atoms with Crippen LogP contribution in [0.5, 0.6) is 5.88 Å². The zero-order valence-corrected chi connectivity index (χ0v) is 10.2. The molecule has 0 spiro atoms. The summed E-state index contributed by atoms with van der Waals surface area (Å²) in [4.78, 5) is 23.5. The van der Waals surface area contributed by atoms with Crippen molar-refractivity contribution < 1.29 is 9.53 Å². The van der Waals surface area contributed by atoms with E-state index in [-0.39, 0.29) is 16.9 Å². The molecule has 0 atom stereocenters. The molecule has 1 amide bonds. The van der Waals surface area contributed by atoms with Crippen LogP contribution in [0.15, 0.2) is 30.7 Å². The van der Waals surface area contributed by atoms with E-state index >= 15 is 0 Å². The Kier molecular flexibility index (Phi) is 3.69. The Balaban J connectivity index is 2.22. The maximum absolute atomic E-state index is 12.0. The molecule has 0 saturated carbocycles. The first kappa shape index (κ1) is 12.3. The molecule has 0 aliphatic heterocycles. The van der Waals surface area contributed by atoms with E-state index < -0.39 is 0 Å². The van der Waals surface area contributed by atoms with Gasteiger partial charge in [-0.15, -0.1) is 0 Å². The second-order valence-electron chi connectivity index (χ2n) is 3.24. The third-order valence-electron chi connectivity index (χ3n) is 2.08. The number of halogens is 1. The van der Waals surface area contributed by atoms with E-state index in [4.69, 9.17) is 16.3 Å². The van der Waals surface area contributed by atoms with Crippen LogP contribution in [-0.4, -0.2) is 28.0 Å². The number of nitrogens with one attached hydrogen (secondary N) is 1. The standard InChI is InChI=1S/C11H9ClN4O2/c1-18-11-7(3-2-4-13-11)10(17)16-9-5-8(12)14-6-15-9/h2-6H,1H3,(H,14,15,16,17). The maximum Gasteiger partial charge on any atom is 0.262 e. The van der Waals surface area contributed by atoms with Gasteiger partial charge in [-0.05, 0) is 12.1 Å². The van der Waals surface area contributed by atoms with Gasteiger partial charge in [0.05, 0.1) is 7.11 Å². The second kappa shape index (κ2) is 5.42. The van der Waals surface area contributed by atoms with Crippen LogP contribution in [0.4, 0.5) is 5.82 Å². The van der Waals surface area contributed by atoms with Gasteiger partial charge in [-0.3, -0.25) is 4.79 Å². The predicted octanol–water partition coefficient (Wildman–Crippen LogP) is 1.79. The summed E-state index contributed by atoms with van der Waals surface area (Å²) in [5, 5.41) is 2.83. The number of rotatable bonds is 3. The molecule has 7 heteroatoms. The van der Waals surface area contributed by atoms with Gasteiger partial charge in [0.15, 0.2) is 0 Å². The molecule has 18 heavy (non-hydrogen) atoms. The van der Waals surface area contributed by atoms with Gasteiger partial charge in [-0.1, -0.05) is 11.6 Å². The van der Waals surface area contributed by atoms with Gasteiger partial charge < -0.3 is 10.1 Å². The number of methoxy groups -OCH3 is 1. The molecule has 0 bridgehead atoms. The lowest BCUT2D eigenvalue weighted by Gasteiger charge is -2.07. The molecule has 0 aromatic carbocycles. The summed E-state index contributed by atoms with van der Waals surface area (Å²) < 4.78 is 5.00. The maximum atomic E-state index is 12.0. The molecule has 92 valence electrons. The first-order chi connectivity index (χ1) is 8.70. The van der Waals surface area contributed by atoms with Crippen molar-refractivity contribution in [3.8, 4) is 5.88 Å². The number of ether oxygens (including phenoxy) is 1. The van der Waals surface area contributed by atoms with Crippen LogP contribution in [0.25, 0.3) is 0 Å². The van der Waals surface area contributed by atoms with Crippen molar-refractivity contribution in [1.29, 1.82) is 0 Å². The number of carbonyl (C=O) groups excluding carboxylic acids is 1. The minimum absolute atomic E-state index is 0.246. The Hall–Kier alpha value is -2.21. The first-order valence-electron chi connectivity index (χ1n) is 4.98. The van der Waals surface area contributed by atoms with Gasteiger partial charge in [0, 0.05) is 12.3 Å². The Morgan fingerprint density at radius 2 is 2.22 bits per heavy atom. The van der Waals surface area contributed by atoms with E-state index in [0.29, 0.717) is 11.4 Å². The number of aromatic nitrogens is 3. The molecule has 1 N–H and O–H groups in total. The zero-order valence-electron chi connectivity index (χ0n) is 9.42. The average Bonchev–Trinajstić information content (AvgIpc) is 2.38. The third kappa shape index (κ3) is 2.72. The van der Waals surface area contributed by atoms with Crippen molar-refractivity contribution in [2.24, 2.45) is 0 Å².